The molecule has 4 rings (SSSR count). The molecule has 8 nitrogen and oxygen atoms in total. The van der Waals surface area contributed by atoms with Crippen LogP contribution in [0.3, 0.4) is 0 Å². The number of carbonyl (C=O) groups is 1. The SMILES string of the molecule is CC(C(=O)Nc1c(C#N)cnn1C)n1cnc2scc(-c3ccc(Cl)cc3)c2c1=O. The van der Waals surface area contributed by atoms with Gasteiger partial charge in [0.2, 0.25) is 5.91 Å². The van der Waals surface area contributed by atoms with E-state index in [9.17, 15) is 9.59 Å². The minimum atomic E-state index is -0.853. The van der Waals surface area contributed by atoms with E-state index in [-0.39, 0.29) is 16.9 Å². The molecule has 1 unspecified atom stereocenters. The van der Waals surface area contributed by atoms with E-state index < -0.39 is 11.9 Å². The average molecular weight is 439 g/mol. The van der Waals surface area contributed by atoms with E-state index in [0.29, 0.717) is 15.2 Å². The number of hydrogen-bond donors (Lipinski definition) is 1. The first-order valence-corrected chi connectivity index (χ1v) is 10.1. The minimum Gasteiger partial charge on any atom is -0.308 e. The van der Waals surface area contributed by atoms with Crippen LogP contribution in [0.1, 0.15) is 18.5 Å². The predicted octanol–water partition coefficient (Wildman–Crippen LogP) is 3.58. The van der Waals surface area contributed by atoms with E-state index in [2.05, 4.69) is 15.4 Å². The van der Waals surface area contributed by atoms with Crippen molar-refractivity contribution in [1.82, 2.24) is 19.3 Å². The second-order valence-electron chi connectivity index (χ2n) is 6.60. The Labute approximate surface area is 180 Å². The number of aryl methyl sites for hydroxylation is 1. The van der Waals surface area contributed by atoms with E-state index in [1.807, 2.05) is 23.6 Å². The highest BCUT2D eigenvalue weighted by Crippen LogP contribution is 2.31. The highest BCUT2D eigenvalue weighted by molar-refractivity contribution is 7.17. The third-order valence-electron chi connectivity index (χ3n) is 4.77. The van der Waals surface area contributed by atoms with Crippen molar-refractivity contribution in [1.29, 1.82) is 5.26 Å². The van der Waals surface area contributed by atoms with Crippen molar-refractivity contribution < 1.29 is 4.79 Å². The van der Waals surface area contributed by atoms with Gasteiger partial charge >= 0.3 is 0 Å². The topological polar surface area (TPSA) is 106 Å². The first-order chi connectivity index (χ1) is 14.4. The monoisotopic (exact) mass is 438 g/mol. The summed E-state index contributed by atoms with van der Waals surface area (Å²) < 4.78 is 2.68. The van der Waals surface area contributed by atoms with Crippen LogP contribution in [0.4, 0.5) is 5.82 Å². The van der Waals surface area contributed by atoms with E-state index in [4.69, 9.17) is 16.9 Å². The standard InChI is InChI=1S/C20H15ClN6O2S/c1-11(18(28)25-17-13(7-22)8-24-26(17)2)27-10-23-19-16(20(27)29)15(9-30-19)12-3-5-14(21)6-4-12/h3-6,8-11H,1-2H3,(H,25,28). The van der Waals surface area contributed by atoms with Gasteiger partial charge in [0, 0.05) is 23.0 Å². The molecule has 1 aromatic carbocycles. The quantitative estimate of drug-likeness (QED) is 0.524. The molecular weight excluding hydrogens is 424 g/mol. The Morgan fingerprint density at radius 3 is 2.77 bits per heavy atom. The molecule has 0 bridgehead atoms. The van der Waals surface area contributed by atoms with Crippen LogP contribution in [0.25, 0.3) is 21.3 Å². The Hall–Kier alpha value is -3.48. The molecule has 3 aromatic heterocycles. The van der Waals surface area contributed by atoms with Gasteiger partial charge < -0.3 is 5.32 Å². The maximum atomic E-state index is 13.2. The van der Waals surface area contributed by atoms with Gasteiger partial charge in [-0.3, -0.25) is 18.8 Å². The maximum absolute atomic E-state index is 13.2. The smallest absolute Gasteiger partial charge is 0.263 e. The summed E-state index contributed by atoms with van der Waals surface area (Å²) in [6.45, 7) is 1.60. The summed E-state index contributed by atoms with van der Waals surface area (Å²) in [5.41, 5.74) is 1.50. The Balaban J connectivity index is 1.73. The minimum absolute atomic E-state index is 0.238. The Morgan fingerprint density at radius 1 is 1.33 bits per heavy atom. The zero-order chi connectivity index (χ0) is 21.4. The molecule has 0 aliphatic heterocycles. The molecule has 4 aromatic rings. The molecule has 150 valence electrons. The number of nitrogens with zero attached hydrogens (tertiary/aromatic N) is 5. The Morgan fingerprint density at radius 2 is 2.07 bits per heavy atom. The van der Waals surface area contributed by atoms with Crippen LogP contribution in [0, 0.1) is 11.3 Å². The zero-order valence-corrected chi connectivity index (χ0v) is 17.5. The third kappa shape index (κ3) is 3.36. The van der Waals surface area contributed by atoms with E-state index >= 15 is 0 Å². The Kier molecular flexibility index (Phi) is 5.11. The lowest BCUT2D eigenvalue weighted by molar-refractivity contribution is -0.118. The molecular formula is C20H15ClN6O2S. The second kappa shape index (κ2) is 7.74. The van der Waals surface area contributed by atoms with Crippen molar-refractivity contribution in [2.45, 2.75) is 13.0 Å². The lowest BCUT2D eigenvalue weighted by atomic mass is 10.1. The van der Waals surface area contributed by atoms with Gasteiger partial charge in [0.15, 0.2) is 0 Å². The third-order valence-corrected chi connectivity index (χ3v) is 5.91. The molecule has 1 amide bonds. The van der Waals surface area contributed by atoms with Crippen LogP contribution in [-0.2, 0) is 11.8 Å². The summed E-state index contributed by atoms with van der Waals surface area (Å²) in [4.78, 5) is 31.0. The number of halogens is 1. The number of hydrogen-bond acceptors (Lipinski definition) is 6. The molecule has 0 radical (unpaired) electrons. The highest BCUT2D eigenvalue weighted by Gasteiger charge is 2.22. The van der Waals surface area contributed by atoms with Crippen molar-refractivity contribution in [3.05, 3.63) is 63.1 Å². The van der Waals surface area contributed by atoms with Gasteiger partial charge in [0.1, 0.15) is 28.3 Å². The molecule has 0 aliphatic rings. The van der Waals surface area contributed by atoms with Crippen molar-refractivity contribution in [2.24, 2.45) is 7.05 Å². The Bertz CT molecular complexity index is 1360. The van der Waals surface area contributed by atoms with Crippen LogP contribution in [0.5, 0.6) is 0 Å². The number of nitrogens with one attached hydrogen (secondary N) is 1. The lowest BCUT2D eigenvalue weighted by Crippen LogP contribution is -2.32. The second-order valence-corrected chi connectivity index (χ2v) is 7.90. The van der Waals surface area contributed by atoms with Gasteiger partial charge in [0.05, 0.1) is 17.9 Å². The summed E-state index contributed by atoms with van der Waals surface area (Å²) >= 11 is 7.33. The fraction of sp³-hybridized carbons (Fsp3) is 0.150. The number of benzene rings is 1. The normalized spacial score (nSPS) is 11.9. The van der Waals surface area contributed by atoms with Gasteiger partial charge in [-0.25, -0.2) is 4.98 Å². The van der Waals surface area contributed by atoms with Gasteiger partial charge in [-0.2, -0.15) is 10.4 Å². The molecule has 0 saturated carbocycles. The summed E-state index contributed by atoms with van der Waals surface area (Å²) in [6.07, 6.45) is 2.73. The van der Waals surface area contributed by atoms with Crippen molar-refractivity contribution in [3.8, 4) is 17.2 Å². The molecule has 1 N–H and O–H groups in total. The number of rotatable bonds is 4. The number of thiophene rings is 1. The molecule has 10 heteroatoms. The molecule has 0 spiro atoms. The van der Waals surface area contributed by atoms with Crippen LogP contribution in [0.15, 0.2) is 47.0 Å². The zero-order valence-electron chi connectivity index (χ0n) is 16.0. The summed E-state index contributed by atoms with van der Waals surface area (Å²) in [5, 5.41) is 18.7. The molecule has 3 heterocycles. The number of fused-ring (bicyclic) bond motifs is 1. The fourth-order valence-electron chi connectivity index (χ4n) is 3.08. The molecule has 30 heavy (non-hydrogen) atoms. The van der Waals surface area contributed by atoms with Crippen LogP contribution in [0.2, 0.25) is 5.02 Å². The van der Waals surface area contributed by atoms with Crippen LogP contribution in [-0.4, -0.2) is 25.2 Å². The summed E-state index contributed by atoms with van der Waals surface area (Å²) in [7, 11) is 1.62. The number of aromatic nitrogens is 4. The van der Waals surface area contributed by atoms with Crippen LogP contribution < -0.4 is 10.9 Å². The van der Waals surface area contributed by atoms with Gasteiger partial charge in [-0.15, -0.1) is 11.3 Å². The summed E-state index contributed by atoms with van der Waals surface area (Å²) in [5.74, 6) is -0.185. The maximum Gasteiger partial charge on any atom is 0.263 e. The lowest BCUT2D eigenvalue weighted by Gasteiger charge is -2.15. The largest absolute Gasteiger partial charge is 0.308 e. The molecule has 0 saturated heterocycles. The molecule has 1 atom stereocenters. The van der Waals surface area contributed by atoms with Crippen molar-refractivity contribution in [3.63, 3.8) is 0 Å². The van der Waals surface area contributed by atoms with Crippen molar-refractivity contribution >= 4 is 44.9 Å². The van der Waals surface area contributed by atoms with Crippen LogP contribution >= 0.6 is 22.9 Å². The highest BCUT2D eigenvalue weighted by atomic mass is 35.5. The van der Waals surface area contributed by atoms with E-state index in [1.54, 1.807) is 26.1 Å². The number of nitriles is 1. The van der Waals surface area contributed by atoms with Gasteiger partial charge in [0.25, 0.3) is 5.56 Å². The average Bonchev–Trinajstić information content (AvgIpc) is 3.33. The first-order valence-electron chi connectivity index (χ1n) is 8.88. The predicted molar refractivity (Wildman–Crippen MR) is 116 cm³/mol. The fourth-order valence-corrected chi connectivity index (χ4v) is 4.11. The summed E-state index contributed by atoms with van der Waals surface area (Å²) in [6, 6.07) is 8.31. The molecule has 0 aliphatic carbocycles. The van der Waals surface area contributed by atoms with E-state index in [0.717, 1.165) is 11.1 Å². The number of carbonyl (C=O) groups excluding carboxylic acids is 1. The first kappa shape index (κ1) is 19.8. The number of amides is 1. The van der Waals surface area contributed by atoms with Gasteiger partial charge in [-0.1, -0.05) is 23.7 Å². The number of anilines is 1. The van der Waals surface area contributed by atoms with Crippen molar-refractivity contribution in [2.75, 3.05) is 5.32 Å². The van der Waals surface area contributed by atoms with Gasteiger partial charge in [-0.05, 0) is 24.6 Å². The van der Waals surface area contributed by atoms with E-state index in [1.165, 1.54) is 33.1 Å². The molecule has 0 fully saturated rings.